The number of fused-ring (bicyclic) bond motifs is 1. The third-order valence-electron chi connectivity index (χ3n) is 6.83. The molecule has 4 aliphatic carbocycles. The lowest BCUT2D eigenvalue weighted by molar-refractivity contribution is -0.126. The summed E-state index contributed by atoms with van der Waals surface area (Å²) in [6.07, 6.45) is 8.70. The van der Waals surface area contributed by atoms with Gasteiger partial charge in [0.2, 0.25) is 5.91 Å². The quantitative estimate of drug-likeness (QED) is 0.777. The van der Waals surface area contributed by atoms with Crippen LogP contribution in [0.15, 0.2) is 23.1 Å². The molecule has 27 heavy (non-hydrogen) atoms. The molecule has 1 heterocycles. The van der Waals surface area contributed by atoms with E-state index in [1.807, 2.05) is 25.1 Å². The lowest BCUT2D eigenvalue weighted by atomic mass is 9.53. The van der Waals surface area contributed by atoms with Gasteiger partial charge in [0.25, 0.3) is 0 Å². The summed E-state index contributed by atoms with van der Waals surface area (Å²) >= 11 is 1.61. The minimum Gasteiger partial charge on any atom is -0.490 e. The molecule has 1 atom stereocenters. The number of hydrogen-bond donors (Lipinski definition) is 1. The zero-order valence-corrected chi connectivity index (χ0v) is 16.9. The van der Waals surface area contributed by atoms with Crippen LogP contribution < -0.4 is 14.8 Å². The molecule has 1 aromatic rings. The topological polar surface area (TPSA) is 47.6 Å². The second kappa shape index (κ2) is 6.91. The summed E-state index contributed by atoms with van der Waals surface area (Å²) in [4.78, 5) is 14.1. The molecule has 1 N–H and O–H groups in total. The molecule has 5 aliphatic rings. The third kappa shape index (κ3) is 3.55. The number of ether oxygens (including phenoxy) is 2. The molecule has 0 spiro atoms. The smallest absolute Gasteiger partial charge is 0.233 e. The van der Waals surface area contributed by atoms with Gasteiger partial charge in [-0.05, 0) is 81.4 Å². The van der Waals surface area contributed by atoms with Crippen LogP contribution in [0, 0.1) is 17.8 Å². The van der Waals surface area contributed by atoms with E-state index >= 15 is 0 Å². The van der Waals surface area contributed by atoms with Crippen LogP contribution >= 0.6 is 11.8 Å². The Kier molecular flexibility index (Phi) is 4.53. The van der Waals surface area contributed by atoms with Crippen molar-refractivity contribution in [3.05, 3.63) is 18.2 Å². The van der Waals surface area contributed by atoms with Crippen LogP contribution in [0.2, 0.25) is 0 Å². The molecular weight excluding hydrogens is 358 g/mol. The predicted octanol–water partition coefficient (Wildman–Crippen LogP) is 4.41. The molecule has 4 nitrogen and oxygen atoms in total. The fourth-order valence-corrected chi connectivity index (χ4v) is 7.00. The van der Waals surface area contributed by atoms with Crippen molar-refractivity contribution >= 4 is 17.7 Å². The predicted molar refractivity (Wildman–Crippen MR) is 106 cm³/mol. The largest absolute Gasteiger partial charge is 0.490 e. The van der Waals surface area contributed by atoms with Gasteiger partial charge in [-0.25, -0.2) is 0 Å². The molecule has 4 saturated carbocycles. The van der Waals surface area contributed by atoms with E-state index in [0.29, 0.717) is 13.2 Å². The summed E-state index contributed by atoms with van der Waals surface area (Å²) < 4.78 is 11.5. The van der Waals surface area contributed by atoms with Gasteiger partial charge in [-0.15, -0.1) is 11.8 Å². The van der Waals surface area contributed by atoms with Gasteiger partial charge in [-0.2, -0.15) is 0 Å². The van der Waals surface area contributed by atoms with Gasteiger partial charge in [-0.1, -0.05) is 0 Å². The molecule has 6 rings (SSSR count). The van der Waals surface area contributed by atoms with Gasteiger partial charge in [0, 0.05) is 16.9 Å². The van der Waals surface area contributed by atoms with Crippen LogP contribution in [0.1, 0.15) is 51.9 Å². The summed E-state index contributed by atoms with van der Waals surface area (Å²) in [6, 6.07) is 6.01. The normalized spacial score (nSPS) is 34.8. The molecule has 0 aromatic heterocycles. The van der Waals surface area contributed by atoms with Crippen molar-refractivity contribution < 1.29 is 14.3 Å². The number of thioether (sulfide) groups is 1. The fourth-order valence-electron chi connectivity index (χ4n) is 6.10. The van der Waals surface area contributed by atoms with Crippen LogP contribution in [0.4, 0.5) is 0 Å². The summed E-state index contributed by atoms with van der Waals surface area (Å²) in [5, 5.41) is 3.39. The molecule has 1 unspecified atom stereocenters. The molecule has 4 bridgehead atoms. The van der Waals surface area contributed by atoms with Crippen LogP contribution in [0.5, 0.6) is 11.5 Å². The van der Waals surface area contributed by atoms with Crippen molar-refractivity contribution in [1.29, 1.82) is 0 Å². The van der Waals surface area contributed by atoms with Crippen molar-refractivity contribution in [1.82, 2.24) is 5.32 Å². The highest BCUT2D eigenvalue weighted by Gasteiger charge is 2.51. The van der Waals surface area contributed by atoms with E-state index in [-0.39, 0.29) is 16.7 Å². The highest BCUT2D eigenvalue weighted by atomic mass is 32.2. The Morgan fingerprint density at radius 3 is 2.37 bits per heavy atom. The zero-order valence-electron chi connectivity index (χ0n) is 16.0. The molecule has 0 radical (unpaired) electrons. The van der Waals surface area contributed by atoms with E-state index in [9.17, 15) is 4.79 Å². The standard InChI is InChI=1S/C22H29NO3S/c1-14(27-18-3-4-19-20(10-18)26-6-2-5-25-19)21(24)23-22-11-15-7-16(12-22)9-17(8-15)13-22/h3-4,10,14-17H,2,5-9,11-13H2,1H3,(H,23,24). The van der Waals surface area contributed by atoms with Gasteiger partial charge < -0.3 is 14.8 Å². The maximum absolute atomic E-state index is 13.0. The maximum atomic E-state index is 13.0. The van der Waals surface area contributed by atoms with Gasteiger partial charge in [-0.3, -0.25) is 4.79 Å². The molecular formula is C22H29NO3S. The van der Waals surface area contributed by atoms with Crippen molar-refractivity contribution in [2.45, 2.75) is 67.6 Å². The third-order valence-corrected chi connectivity index (χ3v) is 7.92. The van der Waals surface area contributed by atoms with E-state index in [1.165, 1.54) is 38.5 Å². The van der Waals surface area contributed by atoms with Crippen LogP contribution in [0.3, 0.4) is 0 Å². The number of rotatable bonds is 4. The van der Waals surface area contributed by atoms with Gasteiger partial charge in [0.15, 0.2) is 11.5 Å². The summed E-state index contributed by atoms with van der Waals surface area (Å²) in [5.41, 5.74) is 0.0887. The Bertz CT molecular complexity index is 699. The van der Waals surface area contributed by atoms with E-state index in [2.05, 4.69) is 5.32 Å². The molecule has 0 saturated heterocycles. The van der Waals surface area contributed by atoms with Crippen molar-refractivity contribution in [3.63, 3.8) is 0 Å². The zero-order chi connectivity index (χ0) is 18.4. The second-order valence-electron chi connectivity index (χ2n) is 9.11. The van der Waals surface area contributed by atoms with Gasteiger partial charge in [0.1, 0.15) is 0 Å². The Morgan fingerprint density at radius 1 is 1.07 bits per heavy atom. The highest BCUT2D eigenvalue weighted by molar-refractivity contribution is 8.00. The van der Waals surface area contributed by atoms with Crippen LogP contribution in [-0.4, -0.2) is 29.9 Å². The van der Waals surface area contributed by atoms with E-state index < -0.39 is 0 Å². The number of benzene rings is 1. The molecule has 146 valence electrons. The summed E-state index contributed by atoms with van der Waals surface area (Å²) in [6.45, 7) is 3.40. The van der Waals surface area contributed by atoms with Crippen molar-refractivity contribution in [3.8, 4) is 11.5 Å². The number of hydrogen-bond acceptors (Lipinski definition) is 4. The molecule has 5 heteroatoms. The fraction of sp³-hybridized carbons (Fsp3) is 0.682. The highest BCUT2D eigenvalue weighted by Crippen LogP contribution is 2.55. The average molecular weight is 388 g/mol. The minimum absolute atomic E-state index is 0.0887. The first kappa shape index (κ1) is 17.7. The second-order valence-corrected chi connectivity index (χ2v) is 10.5. The van der Waals surface area contributed by atoms with Crippen molar-refractivity contribution in [2.24, 2.45) is 17.8 Å². The summed E-state index contributed by atoms with van der Waals surface area (Å²) in [5.74, 6) is 4.34. The number of nitrogens with one attached hydrogen (secondary N) is 1. The first-order chi connectivity index (χ1) is 13.1. The SMILES string of the molecule is CC(Sc1ccc2c(c1)OCCCO2)C(=O)NC12CC3CC(CC(C3)C1)C2. The van der Waals surface area contributed by atoms with Crippen LogP contribution in [-0.2, 0) is 4.79 Å². The maximum Gasteiger partial charge on any atom is 0.233 e. The van der Waals surface area contributed by atoms with E-state index in [4.69, 9.17) is 9.47 Å². The Labute approximate surface area is 165 Å². The average Bonchev–Trinajstić information content (AvgIpc) is 2.85. The first-order valence-corrected chi connectivity index (χ1v) is 11.3. The summed E-state index contributed by atoms with van der Waals surface area (Å²) in [7, 11) is 0. The Balaban J connectivity index is 1.24. The molecule has 4 fully saturated rings. The molecule has 1 aromatic carbocycles. The lowest BCUT2D eigenvalue weighted by Gasteiger charge is -2.57. The van der Waals surface area contributed by atoms with Gasteiger partial charge >= 0.3 is 0 Å². The molecule has 1 aliphatic heterocycles. The number of amides is 1. The van der Waals surface area contributed by atoms with E-state index in [0.717, 1.165) is 40.6 Å². The Hall–Kier alpha value is -1.36. The monoisotopic (exact) mass is 387 g/mol. The van der Waals surface area contributed by atoms with Gasteiger partial charge in [0.05, 0.1) is 18.5 Å². The number of carbonyl (C=O) groups is 1. The molecule has 1 amide bonds. The van der Waals surface area contributed by atoms with Crippen LogP contribution in [0.25, 0.3) is 0 Å². The minimum atomic E-state index is -0.109. The van der Waals surface area contributed by atoms with E-state index in [1.54, 1.807) is 11.8 Å². The first-order valence-electron chi connectivity index (χ1n) is 10.5. The lowest BCUT2D eigenvalue weighted by Crippen LogP contribution is -2.60. The van der Waals surface area contributed by atoms with Crippen molar-refractivity contribution in [2.75, 3.05) is 13.2 Å². The Morgan fingerprint density at radius 2 is 1.70 bits per heavy atom. The number of carbonyl (C=O) groups excluding carboxylic acids is 1.